The van der Waals surface area contributed by atoms with Crippen LogP contribution in [0.3, 0.4) is 0 Å². The molecule has 0 aliphatic rings. The van der Waals surface area contributed by atoms with E-state index >= 15 is 0 Å². The molecule has 1 aromatic heterocycles. The lowest BCUT2D eigenvalue weighted by Gasteiger charge is -2.13. The van der Waals surface area contributed by atoms with Crippen LogP contribution >= 0.6 is 0 Å². The van der Waals surface area contributed by atoms with Crippen LogP contribution in [0.15, 0.2) is 30.6 Å². The highest BCUT2D eigenvalue weighted by Gasteiger charge is 2.08. The number of nitrogens with two attached hydrogens (primary N) is 1. The van der Waals surface area contributed by atoms with E-state index in [9.17, 15) is 0 Å². The fourth-order valence-electron chi connectivity index (χ4n) is 4.43. The molecule has 0 aliphatic heterocycles. The van der Waals surface area contributed by atoms with E-state index in [2.05, 4.69) is 58.7 Å². The van der Waals surface area contributed by atoms with Crippen LogP contribution in [0.5, 0.6) is 0 Å². The monoisotopic (exact) mass is 481 g/mol. The van der Waals surface area contributed by atoms with E-state index in [-0.39, 0.29) is 0 Å². The molecule has 5 heteroatoms. The number of nitrogens with one attached hydrogen (secondary N) is 2. The molecule has 4 N–H and O–H groups in total. The third-order valence-electron chi connectivity index (χ3n) is 6.74. The Bertz CT molecular complexity index is 775. The van der Waals surface area contributed by atoms with Crippen molar-refractivity contribution in [3.05, 3.63) is 36.2 Å². The molecule has 0 bridgehead atoms. The molecule has 0 fully saturated rings. The summed E-state index contributed by atoms with van der Waals surface area (Å²) in [6.45, 7) is 5.40. The Kier molecular flexibility index (Phi) is 15.7. The van der Waals surface area contributed by atoms with Gasteiger partial charge >= 0.3 is 0 Å². The van der Waals surface area contributed by atoms with Crippen molar-refractivity contribution in [2.75, 3.05) is 22.9 Å². The molecule has 0 aliphatic carbocycles. The third kappa shape index (κ3) is 12.8. The van der Waals surface area contributed by atoms with E-state index in [0.717, 1.165) is 30.9 Å². The number of nitrogens with zero attached hydrogens (tertiary/aromatic N) is 2. The van der Waals surface area contributed by atoms with Crippen molar-refractivity contribution in [1.29, 1.82) is 0 Å². The zero-order chi connectivity index (χ0) is 25.0. The van der Waals surface area contributed by atoms with Gasteiger partial charge in [0.15, 0.2) is 11.6 Å². The minimum Gasteiger partial charge on any atom is -0.393 e. The molecule has 2 rings (SSSR count). The first-order chi connectivity index (χ1) is 17.2. The van der Waals surface area contributed by atoms with E-state index in [1.54, 1.807) is 6.33 Å². The fraction of sp³-hybridized carbons (Fsp3) is 0.667. The second-order valence-electron chi connectivity index (χ2n) is 9.93. The van der Waals surface area contributed by atoms with Gasteiger partial charge in [0, 0.05) is 12.2 Å². The lowest BCUT2D eigenvalue weighted by atomic mass is 10.0. The van der Waals surface area contributed by atoms with Crippen LogP contribution in [-0.2, 0) is 6.42 Å². The van der Waals surface area contributed by atoms with Gasteiger partial charge in [-0.25, -0.2) is 9.97 Å². The van der Waals surface area contributed by atoms with Gasteiger partial charge in [0.05, 0.1) is 0 Å². The zero-order valence-electron chi connectivity index (χ0n) is 22.6. The van der Waals surface area contributed by atoms with Crippen LogP contribution in [0.2, 0.25) is 0 Å². The predicted molar refractivity (Wildman–Crippen MR) is 154 cm³/mol. The number of benzene rings is 1. The molecule has 0 spiro atoms. The van der Waals surface area contributed by atoms with Crippen LogP contribution in [0, 0.1) is 0 Å². The number of hydrogen-bond acceptors (Lipinski definition) is 5. The lowest BCUT2D eigenvalue weighted by molar-refractivity contribution is 0.537. The number of aryl methyl sites for hydroxylation is 1. The number of rotatable bonds is 21. The van der Waals surface area contributed by atoms with Gasteiger partial charge in [-0.1, -0.05) is 116 Å². The highest BCUT2D eigenvalue weighted by molar-refractivity contribution is 5.77. The summed E-state index contributed by atoms with van der Waals surface area (Å²) in [5.41, 5.74) is 9.27. The molecule has 0 saturated heterocycles. The van der Waals surface area contributed by atoms with Crippen molar-refractivity contribution in [3.8, 4) is 0 Å². The molecular formula is C30H51N5. The van der Waals surface area contributed by atoms with Crippen molar-refractivity contribution in [2.45, 2.75) is 123 Å². The maximum Gasteiger partial charge on any atom is 0.159 e. The first-order valence-corrected chi connectivity index (χ1v) is 14.4. The zero-order valence-corrected chi connectivity index (χ0v) is 22.6. The minimum atomic E-state index is 0.577. The molecule has 1 aromatic carbocycles. The quantitative estimate of drug-likeness (QED) is 0.155. The summed E-state index contributed by atoms with van der Waals surface area (Å²) >= 11 is 0. The summed E-state index contributed by atoms with van der Waals surface area (Å²) in [7, 11) is 0. The lowest BCUT2D eigenvalue weighted by Crippen LogP contribution is -2.09. The first kappa shape index (κ1) is 28.9. The van der Waals surface area contributed by atoms with Crippen molar-refractivity contribution < 1.29 is 0 Å². The van der Waals surface area contributed by atoms with Gasteiger partial charge in [-0.2, -0.15) is 0 Å². The number of aromatic nitrogens is 2. The molecule has 1 heterocycles. The molecule has 0 radical (unpaired) electrons. The Balaban J connectivity index is 1.54. The summed E-state index contributed by atoms with van der Waals surface area (Å²) < 4.78 is 0. The predicted octanol–water partition coefficient (Wildman–Crippen LogP) is 9.04. The van der Waals surface area contributed by atoms with Crippen LogP contribution in [0.1, 0.15) is 122 Å². The Morgan fingerprint density at radius 3 is 1.71 bits per heavy atom. The fourth-order valence-corrected chi connectivity index (χ4v) is 4.43. The molecule has 2 aromatic rings. The molecule has 5 nitrogen and oxygen atoms in total. The highest BCUT2D eigenvalue weighted by atomic mass is 15.1. The van der Waals surface area contributed by atoms with E-state index in [4.69, 9.17) is 5.73 Å². The normalized spacial score (nSPS) is 11.0. The van der Waals surface area contributed by atoms with Crippen molar-refractivity contribution in [1.82, 2.24) is 9.97 Å². The topological polar surface area (TPSA) is 75.9 Å². The average Bonchev–Trinajstić information content (AvgIpc) is 2.88. The van der Waals surface area contributed by atoms with Gasteiger partial charge in [-0.15, -0.1) is 0 Å². The smallest absolute Gasteiger partial charge is 0.159 e. The molecule has 35 heavy (non-hydrogen) atoms. The Labute approximate surface area is 215 Å². The van der Waals surface area contributed by atoms with Gasteiger partial charge in [0.2, 0.25) is 0 Å². The first-order valence-electron chi connectivity index (χ1n) is 14.4. The van der Waals surface area contributed by atoms with Crippen LogP contribution < -0.4 is 16.4 Å². The maximum absolute atomic E-state index is 6.34. The van der Waals surface area contributed by atoms with Crippen LogP contribution in [0.4, 0.5) is 23.0 Å². The van der Waals surface area contributed by atoms with E-state index in [1.807, 2.05) is 0 Å². The van der Waals surface area contributed by atoms with E-state index in [1.165, 1.54) is 102 Å². The Morgan fingerprint density at radius 1 is 0.629 bits per heavy atom. The molecule has 196 valence electrons. The summed E-state index contributed by atoms with van der Waals surface area (Å²) in [4.78, 5) is 8.68. The summed E-state index contributed by atoms with van der Waals surface area (Å²) in [5.74, 6) is 1.38. The molecular weight excluding hydrogens is 430 g/mol. The summed E-state index contributed by atoms with van der Waals surface area (Å²) in [6, 6.07) is 8.52. The number of nitrogen functional groups attached to an aromatic ring is 1. The summed E-state index contributed by atoms with van der Waals surface area (Å²) in [6.07, 6.45) is 24.3. The van der Waals surface area contributed by atoms with Crippen LogP contribution in [0.25, 0.3) is 0 Å². The molecule has 0 unspecified atom stereocenters. The van der Waals surface area contributed by atoms with Gasteiger partial charge in [0.1, 0.15) is 12.0 Å². The Hall–Kier alpha value is -2.30. The average molecular weight is 482 g/mol. The molecule has 0 saturated carbocycles. The Morgan fingerprint density at radius 2 is 1.14 bits per heavy atom. The van der Waals surface area contributed by atoms with Gasteiger partial charge in [0.25, 0.3) is 0 Å². The number of unbranched alkanes of at least 4 members (excludes halogenated alkanes) is 14. The number of hydrogen-bond donors (Lipinski definition) is 3. The summed E-state index contributed by atoms with van der Waals surface area (Å²) in [5, 5.41) is 6.73. The van der Waals surface area contributed by atoms with Crippen molar-refractivity contribution in [3.63, 3.8) is 0 Å². The van der Waals surface area contributed by atoms with Gasteiger partial charge in [-0.3, -0.25) is 0 Å². The second-order valence-corrected chi connectivity index (χ2v) is 9.93. The highest BCUT2D eigenvalue weighted by Crippen LogP contribution is 2.26. The third-order valence-corrected chi connectivity index (χ3v) is 6.74. The molecule has 0 amide bonds. The van der Waals surface area contributed by atoms with Crippen LogP contribution in [-0.4, -0.2) is 16.5 Å². The van der Waals surface area contributed by atoms with Crippen molar-refractivity contribution >= 4 is 23.0 Å². The minimum absolute atomic E-state index is 0.577. The van der Waals surface area contributed by atoms with Gasteiger partial charge < -0.3 is 16.4 Å². The standard InChI is InChI=1S/C30H51N5/c1-3-5-7-8-9-10-11-12-13-14-15-16-17-18-24-32-29-28(31)30(34-25-33-29)35-27-22-20-26(21-23-27)19-6-4-2/h20-23,25H,3-19,24,31H2,1-2H3,(H2,32,33,34,35). The van der Waals surface area contributed by atoms with E-state index in [0.29, 0.717) is 11.5 Å². The van der Waals surface area contributed by atoms with Gasteiger partial charge in [-0.05, 0) is 37.0 Å². The maximum atomic E-state index is 6.34. The second kappa shape index (κ2) is 19.0. The van der Waals surface area contributed by atoms with E-state index < -0.39 is 0 Å². The largest absolute Gasteiger partial charge is 0.393 e. The molecule has 0 atom stereocenters. The SMILES string of the molecule is CCCCCCCCCCCCCCCCNc1ncnc(Nc2ccc(CCCC)cc2)c1N. The van der Waals surface area contributed by atoms with Crippen molar-refractivity contribution in [2.24, 2.45) is 0 Å². The number of anilines is 4.